The molecule has 1 fully saturated rings. The number of aryl methyl sites for hydroxylation is 1. The first-order chi connectivity index (χ1) is 11.7. The summed E-state index contributed by atoms with van der Waals surface area (Å²) in [6.07, 6.45) is 4.02. The Hall–Kier alpha value is -2.69. The maximum Gasteiger partial charge on any atom is 0.253 e. The van der Waals surface area contributed by atoms with E-state index in [1.165, 1.54) is 0 Å². The fourth-order valence-corrected chi connectivity index (χ4v) is 3.39. The molecule has 24 heavy (non-hydrogen) atoms. The Labute approximate surface area is 140 Å². The second kappa shape index (κ2) is 6.07. The van der Waals surface area contributed by atoms with Gasteiger partial charge in [-0.25, -0.2) is 0 Å². The summed E-state index contributed by atoms with van der Waals surface area (Å²) >= 11 is 0. The van der Waals surface area contributed by atoms with E-state index >= 15 is 0 Å². The van der Waals surface area contributed by atoms with Crippen molar-refractivity contribution in [3.8, 4) is 0 Å². The van der Waals surface area contributed by atoms with Crippen molar-refractivity contribution in [1.82, 2.24) is 19.5 Å². The van der Waals surface area contributed by atoms with Crippen molar-refractivity contribution in [3.05, 3.63) is 65.6 Å². The van der Waals surface area contributed by atoms with Gasteiger partial charge < -0.3 is 4.90 Å². The standard InChI is InChI=1S/C19H20N4O/c1-14-7-9-15(10-8-14)19(24)22-11-4-5-16(13-22)18-21-20-17-6-2-3-12-23(17)18/h2-3,6-10,12,16H,4-5,11,13H2,1H3. The molecule has 5 nitrogen and oxygen atoms in total. The van der Waals surface area contributed by atoms with Gasteiger partial charge in [0.2, 0.25) is 0 Å². The summed E-state index contributed by atoms with van der Waals surface area (Å²) in [6.45, 7) is 3.53. The van der Waals surface area contributed by atoms with Gasteiger partial charge in [0.1, 0.15) is 5.82 Å². The smallest absolute Gasteiger partial charge is 0.253 e. The molecule has 1 aromatic carbocycles. The van der Waals surface area contributed by atoms with Gasteiger partial charge in [-0.05, 0) is 44.0 Å². The molecule has 0 bridgehead atoms. The number of carbonyl (C=O) groups is 1. The molecule has 122 valence electrons. The van der Waals surface area contributed by atoms with Crippen molar-refractivity contribution < 1.29 is 4.79 Å². The zero-order valence-electron chi connectivity index (χ0n) is 13.7. The summed E-state index contributed by atoms with van der Waals surface area (Å²) in [4.78, 5) is 14.7. The number of fused-ring (bicyclic) bond motifs is 1. The summed E-state index contributed by atoms with van der Waals surface area (Å²) in [7, 11) is 0. The molecule has 4 rings (SSSR count). The van der Waals surface area contributed by atoms with E-state index in [0.717, 1.165) is 42.0 Å². The van der Waals surface area contributed by atoms with E-state index in [0.29, 0.717) is 6.54 Å². The van der Waals surface area contributed by atoms with Crippen LogP contribution in [0, 0.1) is 6.92 Å². The highest BCUT2D eigenvalue weighted by atomic mass is 16.2. The van der Waals surface area contributed by atoms with Crippen LogP contribution >= 0.6 is 0 Å². The lowest BCUT2D eigenvalue weighted by Gasteiger charge is -2.32. The molecule has 1 aliphatic heterocycles. The molecule has 3 heterocycles. The van der Waals surface area contributed by atoms with Gasteiger partial charge in [-0.15, -0.1) is 10.2 Å². The fourth-order valence-electron chi connectivity index (χ4n) is 3.39. The maximum atomic E-state index is 12.8. The summed E-state index contributed by atoms with van der Waals surface area (Å²) < 4.78 is 2.03. The number of pyridine rings is 1. The van der Waals surface area contributed by atoms with Crippen molar-refractivity contribution in [2.24, 2.45) is 0 Å². The molecule has 0 spiro atoms. The predicted octanol–water partition coefficient (Wildman–Crippen LogP) is 3.06. The van der Waals surface area contributed by atoms with E-state index in [2.05, 4.69) is 10.2 Å². The van der Waals surface area contributed by atoms with Gasteiger partial charge >= 0.3 is 0 Å². The van der Waals surface area contributed by atoms with Crippen LogP contribution in [0.3, 0.4) is 0 Å². The lowest BCUT2D eigenvalue weighted by molar-refractivity contribution is 0.0704. The molecule has 0 aliphatic carbocycles. The predicted molar refractivity (Wildman–Crippen MR) is 92.0 cm³/mol. The number of likely N-dealkylation sites (tertiary alicyclic amines) is 1. The Bertz CT molecular complexity index is 868. The first-order valence-corrected chi connectivity index (χ1v) is 8.38. The lowest BCUT2D eigenvalue weighted by Crippen LogP contribution is -2.39. The highest BCUT2D eigenvalue weighted by Crippen LogP contribution is 2.27. The number of amides is 1. The molecule has 1 amide bonds. The zero-order chi connectivity index (χ0) is 16.5. The van der Waals surface area contributed by atoms with Gasteiger partial charge in [0.15, 0.2) is 5.65 Å². The molecule has 1 aliphatic rings. The van der Waals surface area contributed by atoms with E-state index in [9.17, 15) is 4.79 Å². The van der Waals surface area contributed by atoms with Crippen LogP contribution in [-0.2, 0) is 0 Å². The number of hydrogen-bond acceptors (Lipinski definition) is 3. The topological polar surface area (TPSA) is 50.5 Å². The lowest BCUT2D eigenvalue weighted by atomic mass is 9.96. The SMILES string of the molecule is Cc1ccc(C(=O)N2CCCC(c3nnc4ccccn34)C2)cc1. The van der Waals surface area contributed by atoms with E-state index in [4.69, 9.17) is 0 Å². The monoisotopic (exact) mass is 320 g/mol. The molecule has 1 saturated heterocycles. The Morgan fingerprint density at radius 3 is 2.79 bits per heavy atom. The van der Waals surface area contributed by atoms with Crippen LogP contribution in [-0.4, -0.2) is 38.5 Å². The average Bonchev–Trinajstić information content (AvgIpc) is 3.06. The van der Waals surface area contributed by atoms with E-state index in [1.807, 2.05) is 64.9 Å². The van der Waals surface area contributed by atoms with Gasteiger partial charge in [-0.3, -0.25) is 9.20 Å². The molecular formula is C19H20N4O. The number of aromatic nitrogens is 3. The molecule has 1 atom stereocenters. The van der Waals surface area contributed by atoms with Crippen LogP contribution in [0.15, 0.2) is 48.7 Å². The molecule has 2 aromatic heterocycles. The number of hydrogen-bond donors (Lipinski definition) is 0. The van der Waals surface area contributed by atoms with Crippen LogP contribution < -0.4 is 0 Å². The second-order valence-corrected chi connectivity index (χ2v) is 6.44. The number of rotatable bonds is 2. The van der Waals surface area contributed by atoms with E-state index in [1.54, 1.807) is 0 Å². The summed E-state index contributed by atoms with van der Waals surface area (Å²) in [5.41, 5.74) is 2.78. The summed E-state index contributed by atoms with van der Waals surface area (Å²) in [6, 6.07) is 13.7. The highest BCUT2D eigenvalue weighted by molar-refractivity contribution is 5.94. The van der Waals surface area contributed by atoms with Gasteiger partial charge in [0, 0.05) is 30.8 Å². The first kappa shape index (κ1) is 14.9. The van der Waals surface area contributed by atoms with Crippen molar-refractivity contribution in [1.29, 1.82) is 0 Å². The van der Waals surface area contributed by atoms with Crippen LogP contribution in [0.25, 0.3) is 5.65 Å². The van der Waals surface area contributed by atoms with Gasteiger partial charge in [-0.1, -0.05) is 23.8 Å². The Morgan fingerprint density at radius 2 is 1.96 bits per heavy atom. The Morgan fingerprint density at radius 1 is 1.12 bits per heavy atom. The van der Waals surface area contributed by atoms with Crippen molar-refractivity contribution in [2.45, 2.75) is 25.7 Å². The quantitative estimate of drug-likeness (QED) is 0.729. The Balaban J connectivity index is 1.57. The summed E-state index contributed by atoms with van der Waals surface area (Å²) in [5.74, 6) is 1.28. The van der Waals surface area contributed by atoms with Crippen LogP contribution in [0.1, 0.15) is 40.5 Å². The van der Waals surface area contributed by atoms with E-state index in [-0.39, 0.29) is 11.8 Å². The second-order valence-electron chi connectivity index (χ2n) is 6.44. The van der Waals surface area contributed by atoms with Crippen LogP contribution in [0.5, 0.6) is 0 Å². The summed E-state index contributed by atoms with van der Waals surface area (Å²) in [5, 5.41) is 8.61. The number of benzene rings is 1. The number of nitrogens with zero attached hydrogens (tertiary/aromatic N) is 4. The molecular weight excluding hydrogens is 300 g/mol. The third kappa shape index (κ3) is 2.66. The average molecular weight is 320 g/mol. The third-order valence-electron chi connectivity index (χ3n) is 4.71. The number of piperidine rings is 1. The zero-order valence-corrected chi connectivity index (χ0v) is 13.7. The molecule has 0 N–H and O–H groups in total. The van der Waals surface area contributed by atoms with E-state index < -0.39 is 0 Å². The fraction of sp³-hybridized carbons (Fsp3) is 0.316. The van der Waals surface area contributed by atoms with Gasteiger partial charge in [0.05, 0.1) is 0 Å². The highest BCUT2D eigenvalue weighted by Gasteiger charge is 2.28. The van der Waals surface area contributed by atoms with Crippen molar-refractivity contribution >= 4 is 11.6 Å². The molecule has 5 heteroatoms. The molecule has 0 saturated carbocycles. The Kier molecular flexibility index (Phi) is 3.76. The normalized spacial score (nSPS) is 18.0. The first-order valence-electron chi connectivity index (χ1n) is 8.38. The minimum atomic E-state index is 0.105. The largest absolute Gasteiger partial charge is 0.338 e. The van der Waals surface area contributed by atoms with Crippen molar-refractivity contribution in [3.63, 3.8) is 0 Å². The minimum absolute atomic E-state index is 0.105. The van der Waals surface area contributed by atoms with Gasteiger partial charge in [0.25, 0.3) is 5.91 Å². The molecule has 0 radical (unpaired) electrons. The third-order valence-corrected chi connectivity index (χ3v) is 4.71. The van der Waals surface area contributed by atoms with Crippen LogP contribution in [0.4, 0.5) is 0 Å². The van der Waals surface area contributed by atoms with Crippen molar-refractivity contribution in [2.75, 3.05) is 13.1 Å². The molecule has 3 aromatic rings. The van der Waals surface area contributed by atoms with Crippen LogP contribution in [0.2, 0.25) is 0 Å². The minimum Gasteiger partial charge on any atom is -0.338 e. The number of carbonyl (C=O) groups excluding carboxylic acids is 1. The maximum absolute atomic E-state index is 12.8. The van der Waals surface area contributed by atoms with Gasteiger partial charge in [-0.2, -0.15) is 0 Å². The molecule has 1 unspecified atom stereocenters.